The van der Waals surface area contributed by atoms with Gasteiger partial charge in [0.2, 0.25) is 0 Å². The number of aryl methyl sites for hydroxylation is 1. The number of hydrogen-bond acceptors (Lipinski definition) is 4. The summed E-state index contributed by atoms with van der Waals surface area (Å²) in [7, 11) is -4.02. The van der Waals surface area contributed by atoms with Gasteiger partial charge in [0.25, 0.3) is 10.1 Å². The lowest BCUT2D eigenvalue weighted by Gasteiger charge is -2.06. The first kappa shape index (κ1) is 27.9. The highest BCUT2D eigenvalue weighted by molar-refractivity contribution is 7.85. The number of aliphatic hydroxyl groups excluding tert-OH is 1. The zero-order chi connectivity index (χ0) is 23.7. The Labute approximate surface area is 193 Å². The van der Waals surface area contributed by atoms with E-state index in [1.165, 1.54) is 57.1 Å². The van der Waals surface area contributed by atoms with E-state index < -0.39 is 10.1 Å². The van der Waals surface area contributed by atoms with Crippen LogP contribution in [0, 0.1) is 6.92 Å². The summed E-state index contributed by atoms with van der Waals surface area (Å²) in [6, 6.07) is 14.0. The minimum Gasteiger partial charge on any atom is -0.494 e. The van der Waals surface area contributed by atoms with E-state index in [0.29, 0.717) is 6.61 Å². The summed E-state index contributed by atoms with van der Waals surface area (Å²) in [5.74, 6) is 0.949. The lowest BCUT2D eigenvalue weighted by Crippen LogP contribution is -1.97. The predicted molar refractivity (Wildman–Crippen MR) is 132 cm³/mol. The summed E-state index contributed by atoms with van der Waals surface area (Å²) < 4.78 is 35.3. The SMILES string of the molecule is C=Cc1ccc(OCCCCCCCCCCCO)cc1.Cc1ccc(S(=O)(=O)O)cc1. The van der Waals surface area contributed by atoms with E-state index in [-0.39, 0.29) is 4.90 Å². The van der Waals surface area contributed by atoms with Crippen LogP contribution in [0.2, 0.25) is 0 Å². The van der Waals surface area contributed by atoms with Gasteiger partial charge >= 0.3 is 0 Å². The first-order valence-electron chi connectivity index (χ1n) is 11.4. The molecule has 2 N–H and O–H groups in total. The predicted octanol–water partition coefficient (Wildman–Crippen LogP) is 6.45. The van der Waals surface area contributed by atoms with Crippen LogP contribution in [0.4, 0.5) is 0 Å². The van der Waals surface area contributed by atoms with Gasteiger partial charge in [-0.25, -0.2) is 0 Å². The quantitative estimate of drug-likeness (QED) is 0.249. The van der Waals surface area contributed by atoms with Crippen LogP contribution in [0.5, 0.6) is 5.75 Å². The summed E-state index contributed by atoms with van der Waals surface area (Å²) in [4.78, 5) is -0.0666. The lowest BCUT2D eigenvalue weighted by molar-refractivity contribution is 0.282. The summed E-state index contributed by atoms with van der Waals surface area (Å²) in [5, 5.41) is 8.68. The molecular formula is C26H38O5S. The van der Waals surface area contributed by atoms with Gasteiger partial charge in [-0.1, -0.05) is 87.4 Å². The van der Waals surface area contributed by atoms with Crippen molar-refractivity contribution in [3.8, 4) is 5.75 Å². The molecule has 0 aromatic heterocycles. The van der Waals surface area contributed by atoms with Crippen LogP contribution in [0.3, 0.4) is 0 Å². The van der Waals surface area contributed by atoms with Crippen molar-refractivity contribution in [2.75, 3.05) is 13.2 Å². The van der Waals surface area contributed by atoms with Crippen LogP contribution in [-0.4, -0.2) is 31.3 Å². The molecule has 2 aromatic carbocycles. The Hall–Kier alpha value is -2.15. The Balaban J connectivity index is 0.000000389. The fourth-order valence-electron chi connectivity index (χ4n) is 3.05. The molecule has 0 amide bonds. The second-order valence-corrected chi connectivity index (χ2v) is 9.24. The van der Waals surface area contributed by atoms with Crippen LogP contribution >= 0.6 is 0 Å². The normalized spacial score (nSPS) is 10.8. The number of benzene rings is 2. The van der Waals surface area contributed by atoms with Crippen LogP contribution in [0.25, 0.3) is 6.08 Å². The van der Waals surface area contributed by atoms with E-state index in [9.17, 15) is 8.42 Å². The zero-order valence-corrected chi connectivity index (χ0v) is 20.0. The average molecular weight is 463 g/mol. The van der Waals surface area contributed by atoms with Crippen molar-refractivity contribution in [1.82, 2.24) is 0 Å². The third kappa shape index (κ3) is 13.3. The minimum absolute atomic E-state index is 0.0666. The third-order valence-electron chi connectivity index (χ3n) is 5.01. The van der Waals surface area contributed by atoms with Crippen molar-refractivity contribution >= 4 is 16.2 Å². The molecule has 5 nitrogen and oxygen atoms in total. The monoisotopic (exact) mass is 462 g/mol. The number of ether oxygens (including phenoxy) is 1. The maximum absolute atomic E-state index is 10.5. The molecule has 0 aliphatic heterocycles. The number of hydrogen-bond donors (Lipinski definition) is 2. The molecule has 2 aromatic rings. The molecule has 32 heavy (non-hydrogen) atoms. The van der Waals surface area contributed by atoms with Crippen LogP contribution < -0.4 is 4.74 Å². The Bertz CT molecular complexity index is 843. The van der Waals surface area contributed by atoms with Gasteiger partial charge in [0.1, 0.15) is 5.75 Å². The van der Waals surface area contributed by atoms with Gasteiger partial charge in [-0.3, -0.25) is 4.55 Å². The maximum Gasteiger partial charge on any atom is 0.294 e. The van der Waals surface area contributed by atoms with Gasteiger partial charge in [0.05, 0.1) is 11.5 Å². The third-order valence-corrected chi connectivity index (χ3v) is 5.87. The van der Waals surface area contributed by atoms with Crippen LogP contribution in [-0.2, 0) is 10.1 Å². The van der Waals surface area contributed by atoms with Crippen molar-refractivity contribution in [3.63, 3.8) is 0 Å². The van der Waals surface area contributed by atoms with Crippen LogP contribution in [0.15, 0.2) is 60.0 Å². The van der Waals surface area contributed by atoms with Gasteiger partial charge in [0, 0.05) is 6.61 Å². The molecule has 0 heterocycles. The summed E-state index contributed by atoms with van der Waals surface area (Å²) in [6.07, 6.45) is 12.9. The second kappa shape index (κ2) is 16.5. The molecule has 0 radical (unpaired) electrons. The molecule has 178 valence electrons. The Morgan fingerprint density at radius 1 is 0.812 bits per heavy atom. The molecule has 0 fully saturated rings. The molecule has 0 saturated heterocycles. The average Bonchev–Trinajstić information content (AvgIpc) is 2.78. The van der Waals surface area contributed by atoms with E-state index in [1.807, 2.05) is 37.3 Å². The van der Waals surface area contributed by atoms with E-state index in [2.05, 4.69) is 6.58 Å². The standard InChI is InChI=1S/C19H30O2.C7H8O3S/c1-2-18-12-14-19(15-13-18)21-17-11-9-7-5-3-4-6-8-10-16-20;1-6-2-4-7(5-3-6)11(8,9)10/h2,12-15,20H,1,3-11,16-17H2;2-5H,1H3,(H,8,9,10). The van der Waals surface area contributed by atoms with Gasteiger partial charge < -0.3 is 9.84 Å². The van der Waals surface area contributed by atoms with Gasteiger partial charge in [-0.2, -0.15) is 8.42 Å². The lowest BCUT2D eigenvalue weighted by atomic mass is 10.1. The number of rotatable bonds is 14. The van der Waals surface area contributed by atoms with Crippen molar-refractivity contribution in [1.29, 1.82) is 0 Å². The topological polar surface area (TPSA) is 83.8 Å². The maximum atomic E-state index is 10.5. The molecular weight excluding hydrogens is 424 g/mol. The second-order valence-electron chi connectivity index (χ2n) is 7.82. The Morgan fingerprint density at radius 2 is 1.31 bits per heavy atom. The summed E-state index contributed by atoms with van der Waals surface area (Å²) in [5.41, 5.74) is 2.08. The molecule has 0 aliphatic carbocycles. The largest absolute Gasteiger partial charge is 0.494 e. The number of aliphatic hydroxyl groups is 1. The van der Waals surface area contributed by atoms with E-state index >= 15 is 0 Å². The smallest absolute Gasteiger partial charge is 0.294 e. The summed E-state index contributed by atoms with van der Waals surface area (Å²) in [6.45, 7) is 6.73. The minimum atomic E-state index is -4.02. The highest BCUT2D eigenvalue weighted by atomic mass is 32.2. The highest BCUT2D eigenvalue weighted by Crippen LogP contribution is 2.14. The van der Waals surface area contributed by atoms with E-state index in [1.54, 1.807) is 12.1 Å². The van der Waals surface area contributed by atoms with Crippen molar-refractivity contribution < 1.29 is 22.8 Å². The van der Waals surface area contributed by atoms with Crippen molar-refractivity contribution in [2.45, 2.75) is 69.6 Å². The Morgan fingerprint density at radius 3 is 1.78 bits per heavy atom. The van der Waals surface area contributed by atoms with E-state index in [0.717, 1.165) is 36.3 Å². The molecule has 0 aliphatic rings. The zero-order valence-electron chi connectivity index (χ0n) is 19.2. The Kier molecular flexibility index (Phi) is 14.4. The molecule has 0 spiro atoms. The van der Waals surface area contributed by atoms with Gasteiger partial charge in [-0.15, -0.1) is 0 Å². The van der Waals surface area contributed by atoms with Crippen LogP contribution in [0.1, 0.15) is 68.9 Å². The van der Waals surface area contributed by atoms with Gasteiger partial charge in [-0.05, 0) is 49.6 Å². The summed E-state index contributed by atoms with van der Waals surface area (Å²) >= 11 is 0. The molecule has 6 heteroatoms. The fourth-order valence-corrected chi connectivity index (χ4v) is 3.53. The van der Waals surface area contributed by atoms with E-state index in [4.69, 9.17) is 14.4 Å². The van der Waals surface area contributed by atoms with Gasteiger partial charge in [0.15, 0.2) is 0 Å². The van der Waals surface area contributed by atoms with Crippen molar-refractivity contribution in [2.24, 2.45) is 0 Å². The fraction of sp³-hybridized carbons (Fsp3) is 0.462. The molecule has 0 saturated carbocycles. The molecule has 2 rings (SSSR count). The molecule has 0 atom stereocenters. The molecule has 0 unspecified atom stereocenters. The molecule has 0 bridgehead atoms. The number of unbranched alkanes of at least 4 members (excludes halogenated alkanes) is 8. The van der Waals surface area contributed by atoms with Crippen molar-refractivity contribution in [3.05, 3.63) is 66.2 Å². The highest BCUT2D eigenvalue weighted by Gasteiger charge is 2.06. The first-order chi connectivity index (χ1) is 15.4. The first-order valence-corrected chi connectivity index (χ1v) is 12.8.